The summed E-state index contributed by atoms with van der Waals surface area (Å²) in [5, 5.41) is 2.94. The van der Waals surface area contributed by atoms with Crippen LogP contribution in [0.2, 0.25) is 0 Å². The number of benzene rings is 1. The van der Waals surface area contributed by atoms with Crippen LogP contribution >= 0.6 is 0 Å². The largest absolute Gasteiger partial charge is 0.477 e. The lowest BCUT2D eigenvalue weighted by molar-refractivity contribution is -0.116. The summed E-state index contributed by atoms with van der Waals surface area (Å²) in [7, 11) is 3.05. The van der Waals surface area contributed by atoms with Gasteiger partial charge in [-0.25, -0.2) is 9.97 Å². The number of methoxy groups -OCH3 is 2. The fourth-order valence-corrected chi connectivity index (χ4v) is 3.01. The molecule has 0 saturated carbocycles. The van der Waals surface area contributed by atoms with Gasteiger partial charge in [0.15, 0.2) is 0 Å². The van der Waals surface area contributed by atoms with Crippen LogP contribution in [0.25, 0.3) is 11.0 Å². The summed E-state index contributed by atoms with van der Waals surface area (Å²) in [6.45, 7) is 2.23. The lowest BCUT2D eigenvalue weighted by Gasteiger charge is -2.09. The van der Waals surface area contributed by atoms with Gasteiger partial charge in [-0.1, -0.05) is 51.9 Å². The molecule has 6 heteroatoms. The molecule has 0 aliphatic carbocycles. The molecule has 0 radical (unpaired) electrons. The first kappa shape index (κ1) is 20.9. The molecule has 0 spiro atoms. The van der Waals surface area contributed by atoms with Crippen molar-refractivity contribution in [1.29, 1.82) is 0 Å². The van der Waals surface area contributed by atoms with E-state index in [9.17, 15) is 4.79 Å². The third-order valence-corrected chi connectivity index (χ3v) is 4.53. The first-order valence-corrected chi connectivity index (χ1v) is 9.87. The molecular weight excluding hydrogens is 342 g/mol. The van der Waals surface area contributed by atoms with Gasteiger partial charge in [0.1, 0.15) is 0 Å². The Morgan fingerprint density at radius 3 is 2.11 bits per heavy atom. The molecule has 0 bridgehead atoms. The van der Waals surface area contributed by atoms with Gasteiger partial charge in [0.25, 0.3) is 11.8 Å². The van der Waals surface area contributed by atoms with Gasteiger partial charge in [-0.15, -0.1) is 0 Å². The van der Waals surface area contributed by atoms with E-state index in [2.05, 4.69) is 22.2 Å². The molecule has 1 aromatic carbocycles. The molecule has 2 rings (SSSR count). The predicted octanol–water partition coefficient (Wildman–Crippen LogP) is 5.12. The zero-order chi connectivity index (χ0) is 19.5. The van der Waals surface area contributed by atoms with Gasteiger partial charge < -0.3 is 14.8 Å². The average molecular weight is 373 g/mol. The van der Waals surface area contributed by atoms with E-state index in [-0.39, 0.29) is 5.91 Å². The lowest BCUT2D eigenvalue weighted by atomic mass is 10.1. The second-order valence-electron chi connectivity index (χ2n) is 6.72. The summed E-state index contributed by atoms with van der Waals surface area (Å²) >= 11 is 0. The van der Waals surface area contributed by atoms with Gasteiger partial charge in [0, 0.05) is 12.1 Å². The van der Waals surface area contributed by atoms with Crippen molar-refractivity contribution >= 4 is 22.6 Å². The SMILES string of the molecule is CCCCCCCCCCC(=O)Nc1ccc2nc(OC)c(OC)nc2c1. The number of unbranched alkanes of at least 4 members (excludes halogenated alkanes) is 7. The fraction of sp³-hybridized carbons (Fsp3) is 0.571. The van der Waals surface area contributed by atoms with Crippen LogP contribution in [0, 0.1) is 0 Å². The Kier molecular flexibility index (Phi) is 8.81. The predicted molar refractivity (Wildman–Crippen MR) is 108 cm³/mol. The molecule has 0 fully saturated rings. The molecule has 1 heterocycles. The van der Waals surface area contributed by atoms with Crippen molar-refractivity contribution in [2.24, 2.45) is 0 Å². The second kappa shape index (κ2) is 11.4. The van der Waals surface area contributed by atoms with Crippen molar-refractivity contribution in [2.75, 3.05) is 19.5 Å². The van der Waals surface area contributed by atoms with E-state index < -0.39 is 0 Å². The smallest absolute Gasteiger partial charge is 0.278 e. The van der Waals surface area contributed by atoms with Crippen LogP contribution < -0.4 is 14.8 Å². The minimum absolute atomic E-state index is 0.0359. The lowest BCUT2D eigenvalue weighted by Crippen LogP contribution is -2.11. The number of carbonyl (C=O) groups excluding carboxylic acids is 1. The van der Waals surface area contributed by atoms with Crippen molar-refractivity contribution in [3.8, 4) is 11.8 Å². The molecule has 148 valence electrons. The van der Waals surface area contributed by atoms with E-state index >= 15 is 0 Å². The Balaban J connectivity index is 1.80. The number of amides is 1. The molecule has 1 amide bonds. The van der Waals surface area contributed by atoms with E-state index in [1.807, 2.05) is 12.1 Å². The van der Waals surface area contributed by atoms with Crippen LogP contribution in [0.1, 0.15) is 64.7 Å². The molecule has 27 heavy (non-hydrogen) atoms. The van der Waals surface area contributed by atoms with Gasteiger partial charge in [0.2, 0.25) is 5.91 Å². The van der Waals surface area contributed by atoms with Crippen molar-refractivity contribution < 1.29 is 14.3 Å². The molecule has 6 nitrogen and oxygen atoms in total. The number of ether oxygens (including phenoxy) is 2. The summed E-state index contributed by atoms with van der Waals surface area (Å²) in [6.07, 6.45) is 10.3. The Bertz CT molecular complexity index is 734. The minimum Gasteiger partial charge on any atom is -0.477 e. The molecule has 2 aromatic rings. The summed E-state index contributed by atoms with van der Waals surface area (Å²) in [6, 6.07) is 5.45. The van der Waals surface area contributed by atoms with E-state index in [0.717, 1.165) is 12.8 Å². The van der Waals surface area contributed by atoms with E-state index in [0.29, 0.717) is 34.9 Å². The standard InChI is InChI=1S/C21H31N3O3/c1-4-5-6-7-8-9-10-11-12-19(25)22-16-13-14-17-18(15-16)24-21(27-3)20(23-17)26-2/h13-15H,4-12H2,1-3H3,(H,22,25). The summed E-state index contributed by atoms with van der Waals surface area (Å²) < 4.78 is 10.3. The number of carbonyl (C=O) groups is 1. The van der Waals surface area contributed by atoms with Crippen molar-refractivity contribution in [2.45, 2.75) is 64.7 Å². The number of nitrogens with zero attached hydrogens (tertiary/aromatic N) is 2. The molecular formula is C21H31N3O3. The molecule has 0 saturated heterocycles. The number of hydrogen-bond acceptors (Lipinski definition) is 5. The topological polar surface area (TPSA) is 73.3 Å². The van der Waals surface area contributed by atoms with Crippen LogP contribution in [0.15, 0.2) is 18.2 Å². The molecule has 0 aliphatic heterocycles. The molecule has 0 atom stereocenters. The maximum atomic E-state index is 12.2. The van der Waals surface area contributed by atoms with E-state index in [1.165, 1.54) is 52.7 Å². The Labute approximate surface area is 161 Å². The quantitative estimate of drug-likeness (QED) is 0.523. The third kappa shape index (κ3) is 6.70. The summed E-state index contributed by atoms with van der Waals surface area (Å²) in [4.78, 5) is 20.9. The summed E-state index contributed by atoms with van der Waals surface area (Å²) in [5.41, 5.74) is 2.06. The number of aromatic nitrogens is 2. The zero-order valence-electron chi connectivity index (χ0n) is 16.7. The van der Waals surface area contributed by atoms with Crippen LogP contribution in [-0.4, -0.2) is 30.1 Å². The minimum atomic E-state index is 0.0359. The highest BCUT2D eigenvalue weighted by molar-refractivity contribution is 5.93. The average Bonchev–Trinajstić information content (AvgIpc) is 2.68. The normalized spacial score (nSPS) is 10.8. The van der Waals surface area contributed by atoms with Crippen LogP contribution in [0.4, 0.5) is 5.69 Å². The maximum Gasteiger partial charge on any atom is 0.278 e. The maximum absolute atomic E-state index is 12.2. The number of hydrogen-bond donors (Lipinski definition) is 1. The Morgan fingerprint density at radius 1 is 0.889 bits per heavy atom. The number of rotatable bonds is 12. The van der Waals surface area contributed by atoms with Gasteiger partial charge >= 0.3 is 0 Å². The second-order valence-corrected chi connectivity index (χ2v) is 6.72. The molecule has 0 unspecified atom stereocenters. The van der Waals surface area contributed by atoms with Crippen molar-refractivity contribution in [1.82, 2.24) is 9.97 Å². The van der Waals surface area contributed by atoms with Crippen molar-refractivity contribution in [3.05, 3.63) is 18.2 Å². The van der Waals surface area contributed by atoms with Crippen LogP contribution in [-0.2, 0) is 4.79 Å². The summed E-state index contributed by atoms with van der Waals surface area (Å²) in [5.74, 6) is 0.706. The molecule has 1 aromatic heterocycles. The van der Waals surface area contributed by atoms with Gasteiger partial charge in [-0.2, -0.15) is 0 Å². The highest BCUT2D eigenvalue weighted by Crippen LogP contribution is 2.26. The van der Waals surface area contributed by atoms with Gasteiger partial charge in [-0.3, -0.25) is 4.79 Å². The monoisotopic (exact) mass is 373 g/mol. The number of fused-ring (bicyclic) bond motifs is 1. The molecule has 0 aliphatic rings. The molecule has 1 N–H and O–H groups in total. The fourth-order valence-electron chi connectivity index (χ4n) is 3.01. The van der Waals surface area contributed by atoms with Gasteiger partial charge in [-0.05, 0) is 24.6 Å². The first-order valence-electron chi connectivity index (χ1n) is 9.87. The number of nitrogens with one attached hydrogen (secondary N) is 1. The highest BCUT2D eigenvalue weighted by atomic mass is 16.5. The van der Waals surface area contributed by atoms with Crippen molar-refractivity contribution in [3.63, 3.8) is 0 Å². The van der Waals surface area contributed by atoms with Crippen LogP contribution in [0.3, 0.4) is 0 Å². The number of anilines is 1. The zero-order valence-corrected chi connectivity index (χ0v) is 16.7. The Hall–Kier alpha value is -2.37. The third-order valence-electron chi connectivity index (χ3n) is 4.53. The van der Waals surface area contributed by atoms with E-state index in [1.54, 1.807) is 6.07 Å². The van der Waals surface area contributed by atoms with Crippen LogP contribution in [0.5, 0.6) is 11.8 Å². The van der Waals surface area contributed by atoms with E-state index in [4.69, 9.17) is 9.47 Å². The van der Waals surface area contributed by atoms with Gasteiger partial charge in [0.05, 0.1) is 25.3 Å². The first-order chi connectivity index (χ1) is 13.2. The Morgan fingerprint density at radius 2 is 1.48 bits per heavy atom. The highest BCUT2D eigenvalue weighted by Gasteiger charge is 2.11.